The van der Waals surface area contributed by atoms with E-state index in [0.717, 1.165) is 0 Å². The van der Waals surface area contributed by atoms with Crippen LogP contribution in [0.1, 0.15) is 18.0 Å². The standard InChI is InChI=1S/C11H15N3O4/c1-7-3-14(11(18)12-10(7)17)8-2-9(5-15)13(4-8)6-16/h3,6,8-9,15H,2,4-5H2,1H3,(H,12,17,18). The molecule has 1 aliphatic heterocycles. The predicted octanol–water partition coefficient (Wildman–Crippen LogP) is -1.39. The van der Waals surface area contributed by atoms with Crippen LogP contribution >= 0.6 is 0 Å². The van der Waals surface area contributed by atoms with Crippen LogP contribution in [-0.2, 0) is 4.79 Å². The van der Waals surface area contributed by atoms with E-state index in [1.165, 1.54) is 15.7 Å². The zero-order valence-corrected chi connectivity index (χ0v) is 10.00. The zero-order chi connectivity index (χ0) is 13.3. The number of rotatable bonds is 3. The van der Waals surface area contributed by atoms with E-state index in [-0.39, 0.29) is 18.7 Å². The summed E-state index contributed by atoms with van der Waals surface area (Å²) < 4.78 is 1.42. The van der Waals surface area contributed by atoms with Gasteiger partial charge in [-0.25, -0.2) is 4.79 Å². The lowest BCUT2D eigenvalue weighted by molar-refractivity contribution is -0.119. The number of nitrogens with zero attached hydrogens (tertiary/aromatic N) is 2. The second-order valence-corrected chi connectivity index (χ2v) is 4.51. The molecule has 0 bridgehead atoms. The average Bonchev–Trinajstić information content (AvgIpc) is 2.76. The van der Waals surface area contributed by atoms with Crippen LogP contribution in [0.25, 0.3) is 0 Å². The number of carbonyl (C=O) groups excluding carboxylic acids is 1. The lowest BCUT2D eigenvalue weighted by Crippen LogP contribution is -2.34. The molecule has 0 aliphatic carbocycles. The quantitative estimate of drug-likeness (QED) is 0.648. The summed E-state index contributed by atoms with van der Waals surface area (Å²) in [4.78, 5) is 37.5. The lowest BCUT2D eigenvalue weighted by atomic mass is 10.2. The first kappa shape index (κ1) is 12.6. The highest BCUT2D eigenvalue weighted by molar-refractivity contribution is 5.48. The van der Waals surface area contributed by atoms with Crippen LogP contribution in [0.15, 0.2) is 15.8 Å². The fourth-order valence-corrected chi connectivity index (χ4v) is 2.28. The molecule has 0 saturated carbocycles. The first-order chi connectivity index (χ1) is 8.56. The van der Waals surface area contributed by atoms with Crippen molar-refractivity contribution in [3.8, 4) is 0 Å². The minimum atomic E-state index is -0.486. The number of nitrogens with one attached hydrogen (secondary N) is 1. The summed E-state index contributed by atoms with van der Waals surface area (Å²) in [5.41, 5.74) is -0.445. The summed E-state index contributed by atoms with van der Waals surface area (Å²) in [5.74, 6) is 0. The van der Waals surface area contributed by atoms with E-state index in [2.05, 4.69) is 4.98 Å². The molecule has 2 heterocycles. The molecule has 7 nitrogen and oxygen atoms in total. The molecule has 98 valence electrons. The monoisotopic (exact) mass is 253 g/mol. The first-order valence-electron chi connectivity index (χ1n) is 5.70. The van der Waals surface area contributed by atoms with Gasteiger partial charge in [0.1, 0.15) is 0 Å². The van der Waals surface area contributed by atoms with Gasteiger partial charge in [-0.3, -0.25) is 19.1 Å². The van der Waals surface area contributed by atoms with Gasteiger partial charge >= 0.3 is 5.69 Å². The van der Waals surface area contributed by atoms with Gasteiger partial charge in [0.15, 0.2) is 0 Å². The van der Waals surface area contributed by atoms with Gasteiger partial charge < -0.3 is 10.0 Å². The second kappa shape index (κ2) is 4.77. The van der Waals surface area contributed by atoms with Gasteiger partial charge in [-0.15, -0.1) is 0 Å². The summed E-state index contributed by atoms with van der Waals surface area (Å²) in [5, 5.41) is 9.15. The summed E-state index contributed by atoms with van der Waals surface area (Å²) in [6.45, 7) is 1.84. The van der Waals surface area contributed by atoms with Crippen LogP contribution in [-0.4, -0.2) is 45.2 Å². The van der Waals surface area contributed by atoms with Crippen LogP contribution in [0.5, 0.6) is 0 Å². The van der Waals surface area contributed by atoms with Gasteiger partial charge in [-0.1, -0.05) is 0 Å². The number of hydrogen-bond donors (Lipinski definition) is 2. The van der Waals surface area contributed by atoms with Gasteiger partial charge in [0.05, 0.1) is 18.7 Å². The van der Waals surface area contributed by atoms with E-state index >= 15 is 0 Å². The van der Waals surface area contributed by atoms with Crippen LogP contribution in [0.4, 0.5) is 0 Å². The van der Waals surface area contributed by atoms with Crippen LogP contribution in [0.3, 0.4) is 0 Å². The van der Waals surface area contributed by atoms with E-state index in [1.54, 1.807) is 6.92 Å². The molecular weight excluding hydrogens is 238 g/mol. The Bertz CT molecular complexity index is 562. The van der Waals surface area contributed by atoms with Gasteiger partial charge in [-0.2, -0.15) is 0 Å². The Morgan fingerprint density at radius 2 is 2.28 bits per heavy atom. The van der Waals surface area contributed by atoms with E-state index in [0.29, 0.717) is 24.9 Å². The van der Waals surface area contributed by atoms with Gasteiger partial charge in [0.2, 0.25) is 6.41 Å². The lowest BCUT2D eigenvalue weighted by Gasteiger charge is -2.16. The Morgan fingerprint density at radius 3 is 2.83 bits per heavy atom. The van der Waals surface area contributed by atoms with E-state index in [4.69, 9.17) is 5.11 Å². The van der Waals surface area contributed by atoms with Crippen LogP contribution in [0.2, 0.25) is 0 Å². The fourth-order valence-electron chi connectivity index (χ4n) is 2.28. The molecule has 0 spiro atoms. The Balaban J connectivity index is 2.34. The Kier molecular flexibility index (Phi) is 3.33. The van der Waals surface area contributed by atoms with E-state index < -0.39 is 11.2 Å². The average molecular weight is 253 g/mol. The number of aliphatic hydroxyl groups is 1. The fraction of sp³-hybridized carbons (Fsp3) is 0.545. The number of likely N-dealkylation sites (tertiary alicyclic amines) is 1. The van der Waals surface area contributed by atoms with Crippen molar-refractivity contribution in [2.75, 3.05) is 13.2 Å². The molecule has 7 heteroatoms. The number of aliphatic hydroxyl groups excluding tert-OH is 1. The largest absolute Gasteiger partial charge is 0.394 e. The number of aromatic amines is 1. The minimum absolute atomic E-state index is 0.133. The molecule has 0 aromatic carbocycles. The highest BCUT2D eigenvalue weighted by Crippen LogP contribution is 2.24. The third-order valence-electron chi connectivity index (χ3n) is 3.32. The number of aryl methyl sites for hydroxylation is 1. The highest BCUT2D eigenvalue weighted by Gasteiger charge is 2.32. The molecule has 1 aromatic heterocycles. The number of hydrogen-bond acceptors (Lipinski definition) is 4. The van der Waals surface area contributed by atoms with Crippen molar-refractivity contribution in [1.82, 2.24) is 14.5 Å². The SMILES string of the molecule is Cc1cn(C2CC(CO)N(C=O)C2)c(=O)[nH]c1=O. The minimum Gasteiger partial charge on any atom is -0.394 e. The van der Waals surface area contributed by atoms with Crippen molar-refractivity contribution in [2.45, 2.75) is 25.4 Å². The highest BCUT2D eigenvalue weighted by atomic mass is 16.3. The van der Waals surface area contributed by atoms with Crippen molar-refractivity contribution in [1.29, 1.82) is 0 Å². The van der Waals surface area contributed by atoms with Gasteiger partial charge in [0.25, 0.3) is 5.56 Å². The Labute approximate surface area is 103 Å². The smallest absolute Gasteiger partial charge is 0.328 e. The summed E-state index contributed by atoms with van der Waals surface area (Å²) >= 11 is 0. The molecule has 2 rings (SSSR count). The molecular formula is C11H15N3O4. The molecule has 2 atom stereocenters. The molecule has 1 fully saturated rings. The topological polar surface area (TPSA) is 95.4 Å². The van der Waals surface area contributed by atoms with Gasteiger partial charge in [-0.05, 0) is 13.3 Å². The molecule has 1 aromatic rings. The predicted molar refractivity (Wildman–Crippen MR) is 63.4 cm³/mol. The number of H-pyrrole nitrogens is 1. The number of carbonyl (C=O) groups is 1. The van der Waals surface area contributed by atoms with Crippen molar-refractivity contribution in [3.05, 3.63) is 32.6 Å². The normalized spacial score (nSPS) is 23.3. The summed E-state index contributed by atoms with van der Waals surface area (Å²) in [6.07, 6.45) is 2.67. The van der Waals surface area contributed by atoms with Crippen molar-refractivity contribution in [2.24, 2.45) is 0 Å². The summed E-state index contributed by atoms with van der Waals surface area (Å²) in [7, 11) is 0. The molecule has 1 amide bonds. The number of amides is 1. The van der Waals surface area contributed by atoms with Crippen LogP contribution < -0.4 is 11.2 Å². The third kappa shape index (κ3) is 2.08. The molecule has 2 unspecified atom stereocenters. The Hall–Kier alpha value is -1.89. The maximum atomic E-state index is 11.7. The maximum Gasteiger partial charge on any atom is 0.328 e. The zero-order valence-electron chi connectivity index (χ0n) is 10.00. The molecule has 18 heavy (non-hydrogen) atoms. The second-order valence-electron chi connectivity index (χ2n) is 4.51. The van der Waals surface area contributed by atoms with E-state index in [1.807, 2.05) is 0 Å². The Morgan fingerprint density at radius 1 is 1.56 bits per heavy atom. The first-order valence-corrected chi connectivity index (χ1v) is 5.70. The van der Waals surface area contributed by atoms with Crippen molar-refractivity contribution < 1.29 is 9.90 Å². The maximum absolute atomic E-state index is 11.7. The van der Waals surface area contributed by atoms with Crippen molar-refractivity contribution >= 4 is 6.41 Å². The van der Waals surface area contributed by atoms with Gasteiger partial charge in [0, 0.05) is 18.3 Å². The molecule has 0 radical (unpaired) electrons. The van der Waals surface area contributed by atoms with Crippen molar-refractivity contribution in [3.63, 3.8) is 0 Å². The molecule has 1 saturated heterocycles. The summed E-state index contributed by atoms with van der Waals surface area (Å²) in [6, 6.07) is -0.484. The third-order valence-corrected chi connectivity index (χ3v) is 3.32. The molecule has 1 aliphatic rings. The number of aromatic nitrogens is 2. The molecule has 2 N–H and O–H groups in total. The van der Waals surface area contributed by atoms with Crippen LogP contribution in [0, 0.1) is 6.92 Å². The van der Waals surface area contributed by atoms with E-state index in [9.17, 15) is 14.4 Å².